The summed E-state index contributed by atoms with van der Waals surface area (Å²) in [7, 11) is -3.86. The molecule has 1 aliphatic rings. The van der Waals surface area contributed by atoms with Crippen LogP contribution < -0.4 is 4.90 Å². The highest BCUT2D eigenvalue weighted by Gasteiger charge is 2.36. The standard InChI is InChI=1S/C22H19ClN2O3S/c23-19-10-6-9-18(13-19)14-24-16-22(26)25(15-17-7-2-1-3-8-17)20-11-4-5-12-21(20)29(24,27)28/h1-13H,14-16H2. The number of fused-ring (bicyclic) bond motifs is 1. The molecule has 0 saturated heterocycles. The van der Waals surface area contributed by atoms with Gasteiger partial charge in [-0.05, 0) is 35.4 Å². The first kappa shape index (κ1) is 19.6. The van der Waals surface area contributed by atoms with Crippen LogP contribution in [0.2, 0.25) is 5.02 Å². The first-order valence-corrected chi connectivity index (χ1v) is 10.9. The first-order valence-electron chi connectivity index (χ1n) is 9.13. The molecule has 7 heteroatoms. The van der Waals surface area contributed by atoms with Crippen LogP contribution >= 0.6 is 11.6 Å². The summed E-state index contributed by atoms with van der Waals surface area (Å²) in [6, 6.07) is 23.2. The number of anilines is 1. The van der Waals surface area contributed by atoms with E-state index in [1.165, 1.54) is 4.31 Å². The van der Waals surface area contributed by atoms with Gasteiger partial charge < -0.3 is 4.90 Å². The number of benzene rings is 3. The zero-order chi connectivity index (χ0) is 20.4. The van der Waals surface area contributed by atoms with Crippen molar-refractivity contribution < 1.29 is 13.2 Å². The number of sulfonamides is 1. The predicted octanol–water partition coefficient (Wildman–Crippen LogP) is 4.08. The number of carbonyl (C=O) groups excluding carboxylic acids is 1. The number of halogens is 1. The molecule has 0 aromatic heterocycles. The zero-order valence-electron chi connectivity index (χ0n) is 15.5. The van der Waals surface area contributed by atoms with Gasteiger partial charge in [-0.25, -0.2) is 8.42 Å². The van der Waals surface area contributed by atoms with Gasteiger partial charge in [0.1, 0.15) is 4.90 Å². The minimum Gasteiger partial charge on any atom is -0.305 e. The van der Waals surface area contributed by atoms with Gasteiger partial charge in [-0.3, -0.25) is 4.79 Å². The van der Waals surface area contributed by atoms with Crippen LogP contribution in [0.1, 0.15) is 11.1 Å². The van der Waals surface area contributed by atoms with E-state index in [2.05, 4.69) is 0 Å². The Kier molecular flexibility index (Phi) is 5.41. The second-order valence-corrected chi connectivity index (χ2v) is 9.18. The molecule has 0 unspecified atom stereocenters. The molecule has 0 spiro atoms. The van der Waals surface area contributed by atoms with Crippen molar-refractivity contribution in [3.05, 3.63) is 95.0 Å². The molecule has 148 valence electrons. The van der Waals surface area contributed by atoms with E-state index in [0.717, 1.165) is 11.1 Å². The highest BCUT2D eigenvalue weighted by Crippen LogP contribution is 2.33. The van der Waals surface area contributed by atoms with E-state index in [4.69, 9.17) is 11.6 Å². The summed E-state index contributed by atoms with van der Waals surface area (Å²) >= 11 is 6.05. The van der Waals surface area contributed by atoms with Crippen LogP contribution in [0.25, 0.3) is 0 Å². The van der Waals surface area contributed by atoms with Crippen molar-refractivity contribution in [1.82, 2.24) is 4.31 Å². The van der Waals surface area contributed by atoms with Gasteiger partial charge in [0.2, 0.25) is 15.9 Å². The number of hydrogen-bond acceptors (Lipinski definition) is 3. The quantitative estimate of drug-likeness (QED) is 0.631. The van der Waals surface area contributed by atoms with Crippen molar-refractivity contribution in [2.24, 2.45) is 0 Å². The SMILES string of the molecule is O=C1CN(Cc2cccc(Cl)c2)S(=O)(=O)c2ccccc2N1Cc1ccccc1. The van der Waals surface area contributed by atoms with Gasteiger partial charge in [0.15, 0.2) is 0 Å². The Hall–Kier alpha value is -2.67. The second-order valence-electron chi connectivity index (χ2n) is 6.84. The third-order valence-corrected chi connectivity index (χ3v) is 6.89. The van der Waals surface area contributed by atoms with Crippen LogP contribution in [0.15, 0.2) is 83.8 Å². The maximum atomic E-state index is 13.4. The molecule has 1 amide bonds. The molecule has 5 nitrogen and oxygen atoms in total. The molecule has 3 aromatic carbocycles. The van der Waals surface area contributed by atoms with Gasteiger partial charge in [-0.1, -0.05) is 66.2 Å². The molecule has 0 atom stereocenters. The van der Waals surface area contributed by atoms with Gasteiger partial charge in [-0.15, -0.1) is 0 Å². The van der Waals surface area contributed by atoms with Crippen LogP contribution in [-0.4, -0.2) is 25.2 Å². The lowest BCUT2D eigenvalue weighted by Gasteiger charge is -2.22. The lowest BCUT2D eigenvalue weighted by Crippen LogP contribution is -2.38. The fourth-order valence-corrected chi connectivity index (χ4v) is 5.20. The maximum Gasteiger partial charge on any atom is 0.245 e. The van der Waals surface area contributed by atoms with Crippen molar-refractivity contribution >= 4 is 33.2 Å². The fraction of sp³-hybridized carbons (Fsp3) is 0.136. The summed E-state index contributed by atoms with van der Waals surface area (Å²) in [5.41, 5.74) is 2.05. The smallest absolute Gasteiger partial charge is 0.245 e. The fourth-order valence-electron chi connectivity index (χ4n) is 3.41. The van der Waals surface area contributed by atoms with E-state index in [0.29, 0.717) is 17.3 Å². The largest absolute Gasteiger partial charge is 0.305 e. The summed E-state index contributed by atoms with van der Waals surface area (Å²) in [4.78, 5) is 14.8. The maximum absolute atomic E-state index is 13.4. The molecule has 4 rings (SSSR count). The van der Waals surface area contributed by atoms with Crippen LogP contribution in [0.5, 0.6) is 0 Å². The van der Waals surface area contributed by atoms with E-state index in [1.807, 2.05) is 30.3 Å². The normalized spacial score (nSPS) is 16.3. The Morgan fingerprint density at radius 1 is 0.828 bits per heavy atom. The zero-order valence-corrected chi connectivity index (χ0v) is 17.1. The molecule has 1 aliphatic heterocycles. The van der Waals surface area contributed by atoms with E-state index in [1.54, 1.807) is 53.4 Å². The minimum atomic E-state index is -3.86. The van der Waals surface area contributed by atoms with Crippen molar-refractivity contribution in [1.29, 1.82) is 0 Å². The number of hydrogen-bond donors (Lipinski definition) is 0. The monoisotopic (exact) mass is 426 g/mol. The van der Waals surface area contributed by atoms with E-state index in [-0.39, 0.29) is 23.9 Å². The molecule has 0 radical (unpaired) electrons. The Morgan fingerprint density at radius 2 is 1.52 bits per heavy atom. The van der Waals surface area contributed by atoms with E-state index < -0.39 is 10.0 Å². The van der Waals surface area contributed by atoms with Crippen LogP contribution in [-0.2, 0) is 27.9 Å². The van der Waals surface area contributed by atoms with Crippen LogP contribution in [0, 0.1) is 0 Å². The van der Waals surface area contributed by atoms with Crippen molar-refractivity contribution in [3.63, 3.8) is 0 Å². The predicted molar refractivity (Wildman–Crippen MR) is 113 cm³/mol. The third-order valence-electron chi connectivity index (χ3n) is 4.82. The average molecular weight is 427 g/mol. The third kappa shape index (κ3) is 4.05. The number of nitrogens with zero attached hydrogens (tertiary/aromatic N) is 2. The molecule has 0 saturated carbocycles. The topological polar surface area (TPSA) is 57.7 Å². The molecular formula is C22H19ClN2O3S. The highest BCUT2D eigenvalue weighted by molar-refractivity contribution is 7.89. The number of rotatable bonds is 4. The molecular weight excluding hydrogens is 408 g/mol. The van der Waals surface area contributed by atoms with Gasteiger partial charge >= 0.3 is 0 Å². The van der Waals surface area contributed by atoms with E-state index in [9.17, 15) is 13.2 Å². The Morgan fingerprint density at radius 3 is 2.28 bits per heavy atom. The van der Waals surface area contributed by atoms with E-state index >= 15 is 0 Å². The molecule has 3 aromatic rings. The summed E-state index contributed by atoms with van der Waals surface area (Å²) in [6.07, 6.45) is 0. The van der Waals surface area contributed by atoms with Crippen LogP contribution in [0.4, 0.5) is 5.69 Å². The molecule has 0 aliphatic carbocycles. The molecule has 0 fully saturated rings. The van der Waals surface area contributed by atoms with Gasteiger partial charge in [0, 0.05) is 11.6 Å². The highest BCUT2D eigenvalue weighted by atomic mass is 35.5. The number of amides is 1. The summed E-state index contributed by atoms with van der Waals surface area (Å²) in [5.74, 6) is -0.274. The Labute approximate surface area is 175 Å². The van der Waals surface area contributed by atoms with Gasteiger partial charge in [0.25, 0.3) is 0 Å². The minimum absolute atomic E-state index is 0.0716. The average Bonchev–Trinajstić information content (AvgIpc) is 2.78. The number of carbonyl (C=O) groups is 1. The molecule has 0 N–H and O–H groups in total. The number of para-hydroxylation sites is 1. The van der Waals surface area contributed by atoms with Crippen molar-refractivity contribution in [2.75, 3.05) is 11.4 Å². The van der Waals surface area contributed by atoms with Crippen molar-refractivity contribution in [2.45, 2.75) is 18.0 Å². The molecule has 29 heavy (non-hydrogen) atoms. The second kappa shape index (κ2) is 7.99. The molecule has 1 heterocycles. The van der Waals surface area contributed by atoms with Crippen LogP contribution in [0.3, 0.4) is 0 Å². The first-order chi connectivity index (χ1) is 13.9. The summed E-state index contributed by atoms with van der Waals surface area (Å²) < 4.78 is 28.0. The Bertz CT molecular complexity index is 1150. The van der Waals surface area contributed by atoms with Crippen molar-refractivity contribution in [3.8, 4) is 0 Å². The lowest BCUT2D eigenvalue weighted by molar-refractivity contribution is -0.119. The van der Waals surface area contributed by atoms with Gasteiger partial charge in [0.05, 0.1) is 18.8 Å². The summed E-state index contributed by atoms with van der Waals surface area (Å²) in [6.45, 7) is 0.135. The summed E-state index contributed by atoms with van der Waals surface area (Å²) in [5, 5.41) is 0.521. The lowest BCUT2D eigenvalue weighted by atomic mass is 10.2. The Balaban J connectivity index is 1.75. The molecule has 0 bridgehead atoms. The van der Waals surface area contributed by atoms with Gasteiger partial charge in [-0.2, -0.15) is 4.31 Å².